The fourth-order valence-corrected chi connectivity index (χ4v) is 2.65. The standard InChI is InChI=1S/C12H25N3O/c1-3-10(9-12(13)14-16)15(2)11-7-5-4-6-8-11/h10-11,16H,3-9H2,1-2H3,(H2,13,14). The number of hydrogen-bond donors (Lipinski definition) is 2. The molecule has 0 aliphatic heterocycles. The SMILES string of the molecule is CCC(C/C(N)=N/O)N(C)C1CCCCC1. The maximum absolute atomic E-state index is 8.62. The van der Waals surface area contributed by atoms with Gasteiger partial charge in [0.25, 0.3) is 0 Å². The van der Waals surface area contributed by atoms with Gasteiger partial charge in [-0.25, -0.2) is 0 Å². The van der Waals surface area contributed by atoms with Gasteiger partial charge >= 0.3 is 0 Å². The average molecular weight is 227 g/mol. The lowest BCUT2D eigenvalue weighted by Crippen LogP contribution is -2.42. The predicted octanol–water partition coefficient (Wildman–Crippen LogP) is 2.17. The quantitative estimate of drug-likeness (QED) is 0.327. The van der Waals surface area contributed by atoms with Crippen molar-refractivity contribution in [2.24, 2.45) is 10.9 Å². The van der Waals surface area contributed by atoms with E-state index in [-0.39, 0.29) is 0 Å². The van der Waals surface area contributed by atoms with Crippen molar-refractivity contribution in [3.63, 3.8) is 0 Å². The van der Waals surface area contributed by atoms with E-state index in [1.807, 2.05) is 0 Å². The van der Waals surface area contributed by atoms with Gasteiger partial charge in [0.15, 0.2) is 0 Å². The van der Waals surface area contributed by atoms with Gasteiger partial charge in [0.2, 0.25) is 0 Å². The lowest BCUT2D eigenvalue weighted by molar-refractivity contribution is 0.136. The predicted molar refractivity (Wildman–Crippen MR) is 66.7 cm³/mol. The van der Waals surface area contributed by atoms with E-state index in [2.05, 4.69) is 24.0 Å². The molecule has 0 aromatic heterocycles. The molecule has 1 aliphatic carbocycles. The van der Waals surface area contributed by atoms with Crippen molar-refractivity contribution in [1.82, 2.24) is 4.90 Å². The first-order valence-corrected chi connectivity index (χ1v) is 6.37. The highest BCUT2D eigenvalue weighted by molar-refractivity contribution is 5.80. The Morgan fingerprint density at radius 3 is 2.56 bits per heavy atom. The molecule has 0 radical (unpaired) electrons. The lowest BCUT2D eigenvalue weighted by Gasteiger charge is -2.36. The van der Waals surface area contributed by atoms with Gasteiger partial charge in [-0.2, -0.15) is 0 Å². The molecule has 1 atom stereocenters. The van der Waals surface area contributed by atoms with Gasteiger partial charge < -0.3 is 15.8 Å². The molecule has 0 bridgehead atoms. The smallest absolute Gasteiger partial charge is 0.140 e. The van der Waals surface area contributed by atoms with Crippen molar-refractivity contribution >= 4 is 5.84 Å². The molecular formula is C12H25N3O. The minimum Gasteiger partial charge on any atom is -0.409 e. The summed E-state index contributed by atoms with van der Waals surface area (Å²) < 4.78 is 0. The summed E-state index contributed by atoms with van der Waals surface area (Å²) in [4.78, 5) is 2.43. The number of rotatable bonds is 5. The first kappa shape index (κ1) is 13.3. The zero-order valence-corrected chi connectivity index (χ0v) is 10.5. The molecule has 0 heterocycles. The third-order valence-corrected chi connectivity index (χ3v) is 3.77. The summed E-state index contributed by atoms with van der Waals surface area (Å²) >= 11 is 0. The van der Waals surface area contributed by atoms with Gasteiger partial charge in [-0.3, -0.25) is 0 Å². The van der Waals surface area contributed by atoms with Crippen LogP contribution in [0.4, 0.5) is 0 Å². The number of amidine groups is 1. The monoisotopic (exact) mass is 227 g/mol. The molecule has 0 aromatic rings. The summed E-state index contributed by atoms with van der Waals surface area (Å²) in [5, 5.41) is 11.7. The molecule has 1 rings (SSSR count). The van der Waals surface area contributed by atoms with E-state index in [0.29, 0.717) is 24.3 Å². The maximum Gasteiger partial charge on any atom is 0.140 e. The Hall–Kier alpha value is -0.770. The molecule has 4 nitrogen and oxygen atoms in total. The van der Waals surface area contributed by atoms with E-state index < -0.39 is 0 Å². The Kier molecular flexibility index (Phi) is 5.60. The molecular weight excluding hydrogens is 202 g/mol. The second-order valence-corrected chi connectivity index (χ2v) is 4.81. The number of nitrogens with zero attached hydrogens (tertiary/aromatic N) is 2. The number of oxime groups is 1. The second kappa shape index (κ2) is 6.74. The van der Waals surface area contributed by atoms with E-state index >= 15 is 0 Å². The van der Waals surface area contributed by atoms with Gasteiger partial charge in [0.05, 0.1) is 0 Å². The van der Waals surface area contributed by atoms with Crippen molar-refractivity contribution in [1.29, 1.82) is 0 Å². The molecule has 16 heavy (non-hydrogen) atoms. The molecule has 1 unspecified atom stereocenters. The summed E-state index contributed by atoms with van der Waals surface area (Å²) in [7, 11) is 2.18. The summed E-state index contributed by atoms with van der Waals surface area (Å²) in [6.45, 7) is 2.16. The summed E-state index contributed by atoms with van der Waals surface area (Å²) in [5.74, 6) is 0.342. The van der Waals surface area contributed by atoms with Crippen LogP contribution in [0.15, 0.2) is 5.16 Å². The summed E-state index contributed by atoms with van der Waals surface area (Å²) in [5.41, 5.74) is 5.59. The Bertz CT molecular complexity index is 224. The molecule has 0 amide bonds. The van der Waals surface area contributed by atoms with Crippen molar-refractivity contribution in [3.05, 3.63) is 0 Å². The minimum atomic E-state index is 0.342. The van der Waals surface area contributed by atoms with Crippen molar-refractivity contribution in [3.8, 4) is 0 Å². The molecule has 3 N–H and O–H groups in total. The van der Waals surface area contributed by atoms with Crippen LogP contribution in [0.1, 0.15) is 51.9 Å². The van der Waals surface area contributed by atoms with Gasteiger partial charge in [-0.1, -0.05) is 31.3 Å². The Morgan fingerprint density at radius 2 is 2.06 bits per heavy atom. The van der Waals surface area contributed by atoms with E-state index in [4.69, 9.17) is 10.9 Å². The Labute approximate surface area is 98.5 Å². The summed E-state index contributed by atoms with van der Waals surface area (Å²) in [6.07, 6.45) is 8.36. The van der Waals surface area contributed by atoms with Crippen LogP contribution in [0.25, 0.3) is 0 Å². The van der Waals surface area contributed by atoms with Crippen LogP contribution in [0.3, 0.4) is 0 Å². The van der Waals surface area contributed by atoms with Crippen LogP contribution in [0.5, 0.6) is 0 Å². The Morgan fingerprint density at radius 1 is 1.44 bits per heavy atom. The number of nitrogens with two attached hydrogens (primary N) is 1. The normalized spacial score (nSPS) is 21.3. The molecule has 1 saturated carbocycles. The summed E-state index contributed by atoms with van der Waals surface area (Å²) in [6, 6.07) is 1.09. The van der Waals surface area contributed by atoms with Crippen molar-refractivity contribution in [2.75, 3.05) is 7.05 Å². The highest BCUT2D eigenvalue weighted by atomic mass is 16.4. The third kappa shape index (κ3) is 3.67. The van der Waals surface area contributed by atoms with Gasteiger partial charge in [-0.15, -0.1) is 0 Å². The lowest BCUT2D eigenvalue weighted by atomic mass is 9.92. The van der Waals surface area contributed by atoms with Gasteiger partial charge in [0, 0.05) is 18.5 Å². The van der Waals surface area contributed by atoms with Crippen LogP contribution < -0.4 is 5.73 Å². The first-order valence-electron chi connectivity index (χ1n) is 6.37. The number of hydrogen-bond acceptors (Lipinski definition) is 3. The third-order valence-electron chi connectivity index (χ3n) is 3.77. The minimum absolute atomic E-state index is 0.342. The fraction of sp³-hybridized carbons (Fsp3) is 0.917. The average Bonchev–Trinajstić information content (AvgIpc) is 2.35. The maximum atomic E-state index is 8.62. The van der Waals surface area contributed by atoms with Crippen molar-refractivity contribution in [2.45, 2.75) is 64.0 Å². The topological polar surface area (TPSA) is 61.9 Å². The zero-order chi connectivity index (χ0) is 12.0. The van der Waals surface area contributed by atoms with Crippen LogP contribution in [-0.2, 0) is 0 Å². The molecule has 0 spiro atoms. The molecule has 1 aliphatic rings. The van der Waals surface area contributed by atoms with Gasteiger partial charge in [0.1, 0.15) is 5.84 Å². The fourth-order valence-electron chi connectivity index (χ4n) is 2.65. The largest absolute Gasteiger partial charge is 0.409 e. The van der Waals surface area contributed by atoms with E-state index in [9.17, 15) is 0 Å². The van der Waals surface area contributed by atoms with Crippen molar-refractivity contribution < 1.29 is 5.21 Å². The molecule has 94 valence electrons. The zero-order valence-electron chi connectivity index (χ0n) is 10.5. The van der Waals surface area contributed by atoms with Gasteiger partial charge in [-0.05, 0) is 26.3 Å². The molecule has 1 fully saturated rings. The van der Waals surface area contributed by atoms with Crippen LogP contribution in [0, 0.1) is 0 Å². The van der Waals surface area contributed by atoms with E-state index in [1.165, 1.54) is 32.1 Å². The first-order chi connectivity index (χ1) is 7.69. The van der Waals surface area contributed by atoms with Crippen LogP contribution >= 0.6 is 0 Å². The van der Waals surface area contributed by atoms with E-state index in [1.54, 1.807) is 0 Å². The van der Waals surface area contributed by atoms with E-state index in [0.717, 1.165) is 6.42 Å². The second-order valence-electron chi connectivity index (χ2n) is 4.81. The van der Waals surface area contributed by atoms with Crippen LogP contribution in [-0.4, -0.2) is 35.1 Å². The molecule has 0 saturated heterocycles. The Balaban J connectivity index is 2.50. The molecule has 4 heteroatoms. The highest BCUT2D eigenvalue weighted by Crippen LogP contribution is 2.24. The molecule has 0 aromatic carbocycles. The highest BCUT2D eigenvalue weighted by Gasteiger charge is 2.24. The van der Waals surface area contributed by atoms with Crippen LogP contribution in [0.2, 0.25) is 0 Å².